The first-order valence-corrected chi connectivity index (χ1v) is 7.37. The molecule has 0 spiro atoms. The summed E-state index contributed by atoms with van der Waals surface area (Å²) in [6.07, 6.45) is 4.06. The topological polar surface area (TPSA) is 79.2 Å². The second kappa shape index (κ2) is 7.61. The normalized spacial score (nSPS) is 12.2. The zero-order valence-corrected chi connectivity index (χ0v) is 12.9. The predicted molar refractivity (Wildman–Crippen MR) is 86.0 cm³/mol. The molecule has 6 nitrogen and oxygen atoms in total. The Bertz CT molecular complexity index is 595. The van der Waals surface area contributed by atoms with Crippen LogP contribution in [-0.4, -0.2) is 33.6 Å². The SMILES string of the molecule is CC(C)C[C@@H](CO)NC(=O)Nc1cnn(-c2ccccc2)c1. The molecule has 2 rings (SSSR count). The average Bonchev–Trinajstić information content (AvgIpc) is 2.95. The third-order valence-corrected chi connectivity index (χ3v) is 3.17. The van der Waals surface area contributed by atoms with E-state index in [9.17, 15) is 9.90 Å². The van der Waals surface area contributed by atoms with Crippen molar-refractivity contribution < 1.29 is 9.90 Å². The lowest BCUT2D eigenvalue weighted by molar-refractivity contribution is 0.214. The van der Waals surface area contributed by atoms with E-state index in [1.54, 1.807) is 17.1 Å². The summed E-state index contributed by atoms with van der Waals surface area (Å²) in [6, 6.07) is 9.06. The fourth-order valence-corrected chi connectivity index (χ4v) is 2.21. The third-order valence-electron chi connectivity index (χ3n) is 3.17. The van der Waals surface area contributed by atoms with Gasteiger partial charge in [0.15, 0.2) is 0 Å². The summed E-state index contributed by atoms with van der Waals surface area (Å²) in [5, 5.41) is 19.0. The van der Waals surface area contributed by atoms with Gasteiger partial charge in [0.1, 0.15) is 0 Å². The number of nitrogens with zero attached hydrogens (tertiary/aromatic N) is 2. The first-order chi connectivity index (χ1) is 10.6. The molecule has 0 bridgehead atoms. The van der Waals surface area contributed by atoms with Crippen LogP contribution in [0.5, 0.6) is 0 Å². The third kappa shape index (κ3) is 4.60. The van der Waals surface area contributed by atoms with Gasteiger partial charge in [0.2, 0.25) is 0 Å². The molecule has 0 aliphatic carbocycles. The highest BCUT2D eigenvalue weighted by atomic mass is 16.3. The van der Waals surface area contributed by atoms with Gasteiger partial charge >= 0.3 is 6.03 Å². The standard InChI is InChI=1S/C16H22N4O2/c1-12(2)8-13(11-21)18-16(22)19-14-9-17-20(10-14)15-6-4-3-5-7-15/h3-7,9-10,12-13,21H,8,11H2,1-2H3,(H2,18,19,22)/t13-/m0/s1. The van der Waals surface area contributed by atoms with Crippen molar-refractivity contribution >= 4 is 11.7 Å². The van der Waals surface area contributed by atoms with Crippen molar-refractivity contribution in [1.29, 1.82) is 0 Å². The second-order valence-corrected chi connectivity index (χ2v) is 5.62. The van der Waals surface area contributed by atoms with Gasteiger partial charge in [-0.25, -0.2) is 9.48 Å². The number of rotatable bonds is 6. The number of benzene rings is 1. The number of aliphatic hydroxyl groups excluding tert-OH is 1. The van der Waals surface area contributed by atoms with Gasteiger partial charge in [0.25, 0.3) is 0 Å². The number of urea groups is 1. The summed E-state index contributed by atoms with van der Waals surface area (Å²) in [7, 11) is 0. The van der Waals surface area contributed by atoms with Crippen molar-refractivity contribution in [2.75, 3.05) is 11.9 Å². The minimum Gasteiger partial charge on any atom is -0.394 e. The Labute approximate surface area is 130 Å². The molecule has 0 aliphatic heterocycles. The lowest BCUT2D eigenvalue weighted by Crippen LogP contribution is -2.40. The van der Waals surface area contributed by atoms with Crippen LogP contribution < -0.4 is 10.6 Å². The lowest BCUT2D eigenvalue weighted by Gasteiger charge is -2.18. The molecule has 0 radical (unpaired) electrons. The fraction of sp³-hybridized carbons (Fsp3) is 0.375. The number of carbonyl (C=O) groups is 1. The maximum absolute atomic E-state index is 11.9. The molecule has 2 amide bonds. The number of aromatic nitrogens is 2. The van der Waals surface area contributed by atoms with E-state index in [4.69, 9.17) is 0 Å². The molecule has 3 N–H and O–H groups in total. The number of para-hydroxylation sites is 1. The second-order valence-electron chi connectivity index (χ2n) is 5.62. The number of hydrogen-bond acceptors (Lipinski definition) is 3. The molecular formula is C16H22N4O2. The Morgan fingerprint density at radius 2 is 2.05 bits per heavy atom. The van der Waals surface area contributed by atoms with E-state index < -0.39 is 0 Å². The summed E-state index contributed by atoms with van der Waals surface area (Å²) in [4.78, 5) is 11.9. The van der Waals surface area contributed by atoms with Gasteiger partial charge in [0.05, 0.1) is 36.4 Å². The van der Waals surface area contributed by atoms with Gasteiger partial charge in [-0.05, 0) is 24.5 Å². The van der Waals surface area contributed by atoms with Gasteiger partial charge < -0.3 is 15.7 Å². The van der Waals surface area contributed by atoms with E-state index in [0.29, 0.717) is 11.6 Å². The van der Waals surface area contributed by atoms with Gasteiger partial charge in [-0.1, -0.05) is 32.0 Å². The first kappa shape index (κ1) is 16.0. The molecule has 6 heteroatoms. The van der Waals surface area contributed by atoms with E-state index in [1.165, 1.54) is 0 Å². The van der Waals surface area contributed by atoms with Crippen LogP contribution in [0.1, 0.15) is 20.3 Å². The molecule has 0 unspecified atom stereocenters. The molecule has 118 valence electrons. The molecule has 22 heavy (non-hydrogen) atoms. The molecule has 0 fully saturated rings. The van der Waals surface area contributed by atoms with Crippen LogP contribution in [0.3, 0.4) is 0 Å². The van der Waals surface area contributed by atoms with Gasteiger partial charge in [-0.3, -0.25) is 0 Å². The fourth-order valence-electron chi connectivity index (χ4n) is 2.21. The summed E-state index contributed by atoms with van der Waals surface area (Å²) in [5.74, 6) is 0.401. The van der Waals surface area contributed by atoms with Crippen molar-refractivity contribution in [3.05, 3.63) is 42.7 Å². The summed E-state index contributed by atoms with van der Waals surface area (Å²) >= 11 is 0. The minimum absolute atomic E-state index is 0.0745. The number of carbonyl (C=O) groups excluding carboxylic acids is 1. The zero-order valence-electron chi connectivity index (χ0n) is 12.9. The highest BCUT2D eigenvalue weighted by molar-refractivity contribution is 5.89. The molecule has 1 aromatic heterocycles. The van der Waals surface area contributed by atoms with E-state index in [2.05, 4.69) is 15.7 Å². The highest BCUT2D eigenvalue weighted by Crippen LogP contribution is 2.11. The molecule has 0 saturated heterocycles. The van der Waals surface area contributed by atoms with Crippen LogP contribution in [-0.2, 0) is 0 Å². The Hall–Kier alpha value is -2.34. The van der Waals surface area contributed by atoms with E-state index in [1.807, 2.05) is 44.2 Å². The van der Waals surface area contributed by atoms with Crippen LogP contribution in [0, 0.1) is 5.92 Å². The minimum atomic E-state index is -0.340. The Balaban J connectivity index is 1.94. The maximum atomic E-state index is 11.9. The molecule has 2 aromatic rings. The number of anilines is 1. The predicted octanol–water partition coefficient (Wildman–Crippen LogP) is 2.40. The van der Waals surface area contributed by atoms with Crippen LogP contribution in [0.4, 0.5) is 10.5 Å². The molecule has 1 atom stereocenters. The van der Waals surface area contributed by atoms with Crippen molar-refractivity contribution in [3.8, 4) is 5.69 Å². The van der Waals surface area contributed by atoms with Crippen LogP contribution in [0.25, 0.3) is 5.69 Å². The number of hydrogen-bond donors (Lipinski definition) is 3. The summed E-state index contributed by atoms with van der Waals surface area (Å²) in [5.41, 5.74) is 1.52. The molecule has 0 aliphatic rings. The van der Waals surface area contributed by atoms with E-state index >= 15 is 0 Å². The highest BCUT2D eigenvalue weighted by Gasteiger charge is 2.13. The first-order valence-electron chi connectivity index (χ1n) is 7.37. The number of amides is 2. The van der Waals surface area contributed by atoms with E-state index in [0.717, 1.165) is 12.1 Å². The molecule has 1 aromatic carbocycles. The largest absolute Gasteiger partial charge is 0.394 e. The van der Waals surface area contributed by atoms with Crippen molar-refractivity contribution in [2.24, 2.45) is 5.92 Å². The van der Waals surface area contributed by atoms with Gasteiger partial charge in [-0.15, -0.1) is 0 Å². The van der Waals surface area contributed by atoms with Crippen LogP contribution in [0.2, 0.25) is 0 Å². The van der Waals surface area contributed by atoms with Gasteiger partial charge in [0, 0.05) is 0 Å². The van der Waals surface area contributed by atoms with Gasteiger partial charge in [-0.2, -0.15) is 5.10 Å². The molecule has 0 saturated carbocycles. The van der Waals surface area contributed by atoms with Crippen molar-refractivity contribution in [3.63, 3.8) is 0 Å². The Morgan fingerprint density at radius 3 is 2.68 bits per heavy atom. The molecule has 1 heterocycles. The quantitative estimate of drug-likeness (QED) is 0.766. The Kier molecular flexibility index (Phi) is 5.55. The Morgan fingerprint density at radius 1 is 1.32 bits per heavy atom. The van der Waals surface area contributed by atoms with E-state index in [-0.39, 0.29) is 18.7 Å². The van der Waals surface area contributed by atoms with Crippen molar-refractivity contribution in [1.82, 2.24) is 15.1 Å². The smallest absolute Gasteiger partial charge is 0.319 e. The van der Waals surface area contributed by atoms with Crippen molar-refractivity contribution in [2.45, 2.75) is 26.3 Å². The lowest BCUT2D eigenvalue weighted by atomic mass is 10.0. The average molecular weight is 302 g/mol. The van der Waals surface area contributed by atoms with Crippen LogP contribution >= 0.6 is 0 Å². The monoisotopic (exact) mass is 302 g/mol. The van der Waals surface area contributed by atoms with Crippen LogP contribution in [0.15, 0.2) is 42.7 Å². The summed E-state index contributed by atoms with van der Waals surface area (Å²) < 4.78 is 1.69. The number of aliphatic hydroxyl groups is 1. The maximum Gasteiger partial charge on any atom is 0.319 e. The zero-order chi connectivity index (χ0) is 15.9. The summed E-state index contributed by atoms with van der Waals surface area (Å²) in [6.45, 7) is 4.02. The number of nitrogens with one attached hydrogen (secondary N) is 2. The molecular weight excluding hydrogens is 280 g/mol.